The summed E-state index contributed by atoms with van der Waals surface area (Å²) >= 11 is 0. The molecule has 0 atom stereocenters. The molecule has 2 aromatic rings. The van der Waals surface area contributed by atoms with Gasteiger partial charge in [-0.3, -0.25) is 0 Å². The van der Waals surface area contributed by atoms with Gasteiger partial charge in [-0.25, -0.2) is 17.5 Å². The van der Waals surface area contributed by atoms with Gasteiger partial charge in [-0.2, -0.15) is 13.2 Å². The molecule has 136 valence electrons. The Morgan fingerprint density at radius 1 is 1.04 bits per heavy atom. The summed E-state index contributed by atoms with van der Waals surface area (Å²) in [5.74, 6) is -1.19. The van der Waals surface area contributed by atoms with Gasteiger partial charge in [-0.05, 0) is 41.3 Å². The van der Waals surface area contributed by atoms with Gasteiger partial charge >= 0.3 is 6.18 Å². The van der Waals surface area contributed by atoms with Crippen LogP contribution in [0.4, 0.5) is 17.6 Å². The summed E-state index contributed by atoms with van der Waals surface area (Å²) in [6.45, 7) is 3.63. The highest BCUT2D eigenvalue weighted by Gasteiger charge is 2.33. The summed E-state index contributed by atoms with van der Waals surface area (Å²) in [4.78, 5) is 0.0317. The highest BCUT2D eigenvalue weighted by molar-refractivity contribution is 7.89. The normalized spacial score (nSPS) is 12.6. The molecule has 0 aliphatic heterocycles. The molecule has 8 heteroatoms. The Labute approximate surface area is 143 Å². The van der Waals surface area contributed by atoms with Gasteiger partial charge in [-0.15, -0.1) is 0 Å². The number of halogens is 4. The van der Waals surface area contributed by atoms with Crippen LogP contribution in [0.2, 0.25) is 0 Å². The van der Waals surface area contributed by atoms with Crippen LogP contribution in [-0.2, 0) is 22.7 Å². The van der Waals surface area contributed by atoms with Crippen molar-refractivity contribution in [3.05, 3.63) is 65.0 Å². The summed E-state index contributed by atoms with van der Waals surface area (Å²) in [6, 6.07) is 8.59. The van der Waals surface area contributed by atoms with Gasteiger partial charge in [0.15, 0.2) is 0 Å². The average molecular weight is 375 g/mol. The van der Waals surface area contributed by atoms with E-state index >= 15 is 0 Å². The van der Waals surface area contributed by atoms with Crippen LogP contribution in [0.5, 0.6) is 0 Å². The van der Waals surface area contributed by atoms with E-state index in [1.165, 1.54) is 12.1 Å². The minimum atomic E-state index is -4.79. The fraction of sp³-hybridized carbons (Fsp3) is 0.294. The van der Waals surface area contributed by atoms with E-state index in [9.17, 15) is 26.0 Å². The Balaban J connectivity index is 2.13. The molecule has 25 heavy (non-hydrogen) atoms. The summed E-state index contributed by atoms with van der Waals surface area (Å²) in [7, 11) is -3.85. The maximum atomic E-state index is 13.5. The average Bonchev–Trinajstić information content (AvgIpc) is 2.52. The number of hydrogen-bond donors (Lipinski definition) is 1. The van der Waals surface area contributed by atoms with Crippen LogP contribution in [0.15, 0.2) is 47.4 Å². The fourth-order valence-corrected chi connectivity index (χ4v) is 3.21. The Morgan fingerprint density at radius 2 is 1.64 bits per heavy atom. The van der Waals surface area contributed by atoms with E-state index in [-0.39, 0.29) is 22.9 Å². The third-order valence-corrected chi connectivity index (χ3v) is 5.08. The van der Waals surface area contributed by atoms with Crippen LogP contribution in [0.1, 0.15) is 36.5 Å². The molecule has 0 heterocycles. The van der Waals surface area contributed by atoms with Crippen molar-refractivity contribution >= 4 is 10.0 Å². The summed E-state index contributed by atoms with van der Waals surface area (Å²) < 4.78 is 77.7. The first-order chi connectivity index (χ1) is 11.5. The topological polar surface area (TPSA) is 46.2 Å². The molecular weight excluding hydrogens is 358 g/mol. The van der Waals surface area contributed by atoms with Crippen molar-refractivity contribution in [2.75, 3.05) is 0 Å². The van der Waals surface area contributed by atoms with E-state index in [0.717, 1.165) is 11.6 Å². The van der Waals surface area contributed by atoms with E-state index in [0.29, 0.717) is 12.1 Å². The number of sulfonamides is 1. The highest BCUT2D eigenvalue weighted by atomic mass is 32.2. The van der Waals surface area contributed by atoms with Crippen LogP contribution in [0.25, 0.3) is 0 Å². The monoisotopic (exact) mass is 375 g/mol. The Bertz CT molecular complexity index is 844. The summed E-state index contributed by atoms with van der Waals surface area (Å²) in [5, 5.41) is 0. The Kier molecular flexibility index (Phi) is 5.53. The highest BCUT2D eigenvalue weighted by Crippen LogP contribution is 2.31. The minimum Gasteiger partial charge on any atom is -0.207 e. The molecule has 0 aliphatic rings. The van der Waals surface area contributed by atoms with Gasteiger partial charge in [0.25, 0.3) is 0 Å². The van der Waals surface area contributed by atoms with E-state index in [4.69, 9.17) is 0 Å². The number of benzene rings is 2. The molecule has 2 aromatic carbocycles. The van der Waals surface area contributed by atoms with Crippen molar-refractivity contribution in [2.24, 2.45) is 0 Å². The zero-order chi connectivity index (χ0) is 18.8. The second kappa shape index (κ2) is 7.13. The van der Waals surface area contributed by atoms with Gasteiger partial charge in [0.1, 0.15) is 5.82 Å². The van der Waals surface area contributed by atoms with E-state index in [1.54, 1.807) is 12.1 Å². The predicted molar refractivity (Wildman–Crippen MR) is 86.0 cm³/mol. The molecule has 2 rings (SSSR count). The zero-order valence-corrected chi connectivity index (χ0v) is 14.4. The van der Waals surface area contributed by atoms with Gasteiger partial charge < -0.3 is 0 Å². The smallest absolute Gasteiger partial charge is 0.207 e. The number of nitrogens with one attached hydrogen (secondary N) is 1. The van der Waals surface area contributed by atoms with Crippen LogP contribution in [0.3, 0.4) is 0 Å². The molecule has 0 unspecified atom stereocenters. The lowest BCUT2D eigenvalue weighted by Crippen LogP contribution is -2.23. The summed E-state index contributed by atoms with van der Waals surface area (Å²) in [6.07, 6.45) is -4.79. The molecular formula is C17H17F4NO2S. The molecule has 0 fully saturated rings. The van der Waals surface area contributed by atoms with Crippen molar-refractivity contribution in [2.45, 2.75) is 37.4 Å². The van der Waals surface area contributed by atoms with Crippen LogP contribution in [-0.4, -0.2) is 8.42 Å². The van der Waals surface area contributed by atoms with E-state index < -0.39 is 27.6 Å². The van der Waals surface area contributed by atoms with Crippen molar-refractivity contribution in [1.29, 1.82) is 0 Å². The molecule has 0 saturated heterocycles. The van der Waals surface area contributed by atoms with Gasteiger partial charge in [0, 0.05) is 6.54 Å². The van der Waals surface area contributed by atoms with Crippen LogP contribution >= 0.6 is 0 Å². The molecule has 0 bridgehead atoms. The SMILES string of the molecule is CC(C)c1ccc(S(=O)(=O)NCc2ccc(C(F)(F)F)c(F)c2)cc1. The molecule has 0 aromatic heterocycles. The zero-order valence-electron chi connectivity index (χ0n) is 13.6. The van der Waals surface area contributed by atoms with E-state index in [1.807, 2.05) is 13.8 Å². The first-order valence-electron chi connectivity index (χ1n) is 7.46. The molecule has 0 spiro atoms. The van der Waals surface area contributed by atoms with Gasteiger partial charge in [0.2, 0.25) is 10.0 Å². The number of rotatable bonds is 5. The van der Waals surface area contributed by atoms with Crippen molar-refractivity contribution < 1.29 is 26.0 Å². The Morgan fingerprint density at radius 3 is 2.12 bits per heavy atom. The molecule has 0 aliphatic carbocycles. The fourth-order valence-electron chi connectivity index (χ4n) is 2.19. The molecule has 1 N–H and O–H groups in total. The molecule has 0 amide bonds. The first kappa shape index (κ1) is 19.4. The standard InChI is InChI=1S/C17H17F4NO2S/c1-11(2)13-4-6-14(7-5-13)25(23,24)22-10-12-3-8-15(16(18)9-12)17(19,20)21/h3-9,11,22H,10H2,1-2H3. The number of alkyl halides is 3. The second-order valence-corrected chi connectivity index (χ2v) is 7.63. The lowest BCUT2D eigenvalue weighted by atomic mass is 10.0. The van der Waals surface area contributed by atoms with E-state index in [2.05, 4.69) is 4.72 Å². The predicted octanol–water partition coefficient (Wildman–Crippen LogP) is 4.45. The third-order valence-electron chi connectivity index (χ3n) is 3.66. The Hall–Kier alpha value is -1.93. The van der Waals surface area contributed by atoms with Crippen LogP contribution in [0, 0.1) is 5.82 Å². The third kappa shape index (κ3) is 4.79. The maximum Gasteiger partial charge on any atom is 0.419 e. The maximum absolute atomic E-state index is 13.5. The van der Waals surface area contributed by atoms with Gasteiger partial charge in [-0.1, -0.05) is 32.0 Å². The quantitative estimate of drug-likeness (QED) is 0.785. The van der Waals surface area contributed by atoms with Gasteiger partial charge in [0.05, 0.1) is 10.5 Å². The lowest BCUT2D eigenvalue weighted by Gasteiger charge is -2.11. The second-order valence-electron chi connectivity index (χ2n) is 5.86. The molecule has 3 nitrogen and oxygen atoms in total. The molecule has 0 saturated carbocycles. The minimum absolute atomic E-state index is 0.0317. The molecule has 0 radical (unpaired) electrons. The van der Waals surface area contributed by atoms with Crippen molar-refractivity contribution in [3.8, 4) is 0 Å². The van der Waals surface area contributed by atoms with Crippen LogP contribution < -0.4 is 4.72 Å². The van der Waals surface area contributed by atoms with Crippen molar-refractivity contribution in [1.82, 2.24) is 4.72 Å². The van der Waals surface area contributed by atoms with Crippen molar-refractivity contribution in [3.63, 3.8) is 0 Å². The lowest BCUT2D eigenvalue weighted by molar-refractivity contribution is -0.140. The summed E-state index contributed by atoms with van der Waals surface area (Å²) in [5.41, 5.74) is -0.319. The largest absolute Gasteiger partial charge is 0.419 e. The first-order valence-corrected chi connectivity index (χ1v) is 8.94. The number of hydrogen-bond acceptors (Lipinski definition) is 2.